The molecule has 304 valence electrons. The van der Waals surface area contributed by atoms with Gasteiger partial charge in [-0.05, 0) is 0 Å². The van der Waals surface area contributed by atoms with E-state index in [4.69, 9.17) is 47.4 Å². The number of hydrogen-bond acceptors (Lipinski definition) is 21. The number of ether oxygens (including phenoxy) is 10. The van der Waals surface area contributed by atoms with Crippen LogP contribution in [-0.2, 0) is 90.5 Å². The Balaban J connectivity index is 2.79. The fourth-order valence-corrected chi connectivity index (χ4v) is 7.13. The van der Waals surface area contributed by atoms with Gasteiger partial charge < -0.3 is 57.8 Å². The van der Waals surface area contributed by atoms with Crippen molar-refractivity contribution in [2.75, 3.05) is 19.5 Å². The molecule has 2 fully saturated rings. The summed E-state index contributed by atoms with van der Waals surface area (Å²) in [4.78, 5) is 109. The second-order valence-corrected chi connectivity index (χ2v) is 13.3. The van der Waals surface area contributed by atoms with Crippen molar-refractivity contribution in [2.24, 2.45) is 0 Å². The van der Waals surface area contributed by atoms with Crippen LogP contribution in [0.3, 0.4) is 0 Å². The van der Waals surface area contributed by atoms with Crippen LogP contribution in [0.4, 0.5) is 0 Å². The molecule has 0 aliphatic carbocycles. The van der Waals surface area contributed by atoms with E-state index in [1.807, 2.05) is 0 Å². The maximum absolute atomic E-state index is 13.8. The zero-order valence-corrected chi connectivity index (χ0v) is 31.8. The van der Waals surface area contributed by atoms with E-state index in [1.165, 1.54) is 0 Å². The number of thioether (sulfide) groups is 1. The summed E-state index contributed by atoms with van der Waals surface area (Å²) in [7, 11) is 0.985. The van der Waals surface area contributed by atoms with Crippen LogP contribution >= 0.6 is 11.8 Å². The molecule has 1 amide bonds. The topological polar surface area (TPSA) is 278 Å². The van der Waals surface area contributed by atoms with E-state index in [0.29, 0.717) is 11.8 Å². The van der Waals surface area contributed by atoms with E-state index in [9.17, 15) is 48.3 Å². The van der Waals surface area contributed by atoms with Crippen molar-refractivity contribution in [3.63, 3.8) is 0 Å². The van der Waals surface area contributed by atoms with E-state index in [1.54, 1.807) is 0 Å². The van der Waals surface area contributed by atoms with Crippen molar-refractivity contribution < 1.29 is 95.6 Å². The summed E-state index contributed by atoms with van der Waals surface area (Å²) in [6, 6.07) is -1.44. The summed E-state index contributed by atoms with van der Waals surface area (Å²) in [5.41, 5.74) is 0. The van der Waals surface area contributed by atoms with Crippen molar-refractivity contribution in [2.45, 2.75) is 128 Å². The van der Waals surface area contributed by atoms with Crippen molar-refractivity contribution in [3.8, 4) is 0 Å². The van der Waals surface area contributed by atoms with Gasteiger partial charge in [-0.1, -0.05) is 0 Å². The SMILES string of the molecule is COC(=O)[C@@]1(SC[C@H]2O[C@@H](O)[C@H](OC(C)=O)[C@@H](OC(C)=O)[C@@H]2OC(C)=O)C[C@H](OC(C)=O)[C@@H](NC(C)=O)[C@H]([C@H](OC(C)=O)[C@@H](COC(C)=O)OC(C)=O)O1. The molecular formula is C32H45NO20S. The third-order valence-corrected chi connectivity index (χ3v) is 8.88. The quantitative estimate of drug-likeness (QED) is 0.145. The molecule has 0 aromatic rings. The number of aliphatic hydroxyl groups excluding tert-OH is 1. The van der Waals surface area contributed by atoms with Crippen LogP contribution in [0.1, 0.15) is 61.8 Å². The molecule has 0 radical (unpaired) electrons. The lowest BCUT2D eigenvalue weighted by atomic mass is 9.89. The van der Waals surface area contributed by atoms with Gasteiger partial charge in [-0.25, -0.2) is 4.79 Å². The standard InChI is InChI=1S/C32H45NO20S/c1-13(34)33-24-21(46-15(3)36)10-32(31(43)44-9,53-27(24)25(48-17(5)38)22(47-16(4)37)11-45-14(2)35)54-12-23-26(49-18(6)39)28(50-19(7)40)29(30(42)52-23)51-20(8)41/h21-30,42H,10-12H2,1-9H3,(H,33,34)/t21-,22+,23+,24+,25+,26+,27+,28-,29+,30+,32-/m0/s1. The van der Waals surface area contributed by atoms with Gasteiger partial charge >= 0.3 is 47.8 Å². The minimum atomic E-state index is -2.31. The lowest BCUT2D eigenvalue weighted by molar-refractivity contribution is -0.287. The van der Waals surface area contributed by atoms with Crippen LogP contribution in [0.25, 0.3) is 0 Å². The molecule has 0 bridgehead atoms. The monoisotopic (exact) mass is 795 g/mol. The molecule has 2 aliphatic heterocycles. The summed E-state index contributed by atoms with van der Waals surface area (Å²) in [5, 5.41) is 13.4. The molecular weight excluding hydrogens is 750 g/mol. The lowest BCUT2D eigenvalue weighted by Gasteiger charge is -2.49. The maximum Gasteiger partial charge on any atom is 0.348 e. The highest BCUT2D eigenvalue weighted by atomic mass is 32.2. The Morgan fingerprint density at radius 2 is 1.28 bits per heavy atom. The van der Waals surface area contributed by atoms with E-state index in [0.717, 1.165) is 62.5 Å². The average Bonchev–Trinajstić information content (AvgIpc) is 3.03. The van der Waals surface area contributed by atoms with Gasteiger partial charge in [0.1, 0.15) is 24.9 Å². The Morgan fingerprint density at radius 3 is 1.76 bits per heavy atom. The predicted octanol–water partition coefficient (Wildman–Crippen LogP) is -1.25. The second-order valence-electron chi connectivity index (χ2n) is 12.0. The molecule has 2 heterocycles. The fourth-order valence-electron chi connectivity index (χ4n) is 5.77. The fraction of sp³-hybridized carbons (Fsp3) is 0.719. The largest absolute Gasteiger partial charge is 0.466 e. The molecule has 0 aromatic heterocycles. The number of amides is 1. The Kier molecular flexibility index (Phi) is 17.1. The summed E-state index contributed by atoms with van der Waals surface area (Å²) in [6.07, 6.45) is -15.6. The van der Waals surface area contributed by atoms with Gasteiger partial charge in [0.05, 0.1) is 13.2 Å². The molecule has 0 aromatic carbocycles. The Labute approximate surface area is 313 Å². The number of esters is 8. The molecule has 2 saturated heterocycles. The van der Waals surface area contributed by atoms with Crippen molar-refractivity contribution in [1.82, 2.24) is 5.32 Å². The first-order valence-corrected chi connectivity index (χ1v) is 17.3. The molecule has 2 rings (SSSR count). The highest BCUT2D eigenvalue weighted by molar-refractivity contribution is 8.01. The Bertz CT molecular complexity index is 1440. The lowest BCUT2D eigenvalue weighted by Crippen LogP contribution is -2.68. The van der Waals surface area contributed by atoms with Crippen molar-refractivity contribution in [1.29, 1.82) is 0 Å². The molecule has 2 aliphatic rings. The first-order valence-electron chi connectivity index (χ1n) is 16.3. The summed E-state index contributed by atoms with van der Waals surface area (Å²) >= 11 is 0.579. The first kappa shape index (κ1) is 45.6. The third-order valence-electron chi connectivity index (χ3n) is 7.49. The molecule has 0 saturated carbocycles. The van der Waals surface area contributed by atoms with E-state index >= 15 is 0 Å². The zero-order chi connectivity index (χ0) is 41.1. The highest BCUT2D eigenvalue weighted by Gasteiger charge is 2.60. The van der Waals surface area contributed by atoms with Gasteiger partial charge in [0, 0.05) is 67.6 Å². The normalized spacial score (nSPS) is 28.8. The van der Waals surface area contributed by atoms with Gasteiger partial charge in [-0.15, -0.1) is 11.8 Å². The van der Waals surface area contributed by atoms with E-state index in [-0.39, 0.29) is 0 Å². The number of rotatable bonds is 15. The summed E-state index contributed by atoms with van der Waals surface area (Å²) < 4.78 is 54.5. The highest BCUT2D eigenvalue weighted by Crippen LogP contribution is 2.44. The van der Waals surface area contributed by atoms with Gasteiger partial charge in [0.25, 0.3) is 0 Å². The minimum Gasteiger partial charge on any atom is -0.466 e. The van der Waals surface area contributed by atoms with Gasteiger partial charge in [-0.3, -0.25) is 38.4 Å². The zero-order valence-electron chi connectivity index (χ0n) is 31.0. The smallest absolute Gasteiger partial charge is 0.348 e. The molecule has 0 unspecified atom stereocenters. The molecule has 0 spiro atoms. The molecule has 22 heteroatoms. The van der Waals surface area contributed by atoms with Crippen LogP contribution in [0, 0.1) is 0 Å². The Hall–Kier alpha value is -4.54. The van der Waals surface area contributed by atoms with Crippen LogP contribution in [0.2, 0.25) is 0 Å². The van der Waals surface area contributed by atoms with Crippen LogP contribution in [-0.4, -0.2) is 144 Å². The predicted molar refractivity (Wildman–Crippen MR) is 175 cm³/mol. The van der Waals surface area contributed by atoms with Gasteiger partial charge in [-0.2, -0.15) is 0 Å². The summed E-state index contributed by atoms with van der Waals surface area (Å²) in [5.74, 6) is -8.70. The van der Waals surface area contributed by atoms with Gasteiger partial charge in [0.2, 0.25) is 10.8 Å². The minimum absolute atomic E-state index is 0.488. The number of nitrogens with one attached hydrogen (secondary N) is 1. The number of aliphatic hydroxyl groups is 1. The number of carbonyl (C=O) groups is 9. The molecule has 11 atom stereocenters. The van der Waals surface area contributed by atoms with Crippen LogP contribution in [0.5, 0.6) is 0 Å². The van der Waals surface area contributed by atoms with Crippen LogP contribution < -0.4 is 5.32 Å². The maximum atomic E-state index is 13.8. The van der Waals surface area contributed by atoms with E-state index in [2.05, 4.69) is 5.32 Å². The summed E-state index contributed by atoms with van der Waals surface area (Å²) in [6.45, 7) is 7.48. The number of carbonyl (C=O) groups excluding carboxylic acids is 9. The first-order chi connectivity index (χ1) is 25.1. The second kappa shape index (κ2) is 20.2. The van der Waals surface area contributed by atoms with Crippen molar-refractivity contribution in [3.05, 3.63) is 0 Å². The van der Waals surface area contributed by atoms with Crippen molar-refractivity contribution >= 4 is 65.4 Å². The Morgan fingerprint density at radius 1 is 0.741 bits per heavy atom. The molecule has 21 nitrogen and oxygen atoms in total. The average molecular weight is 796 g/mol. The number of hydrogen-bond donors (Lipinski definition) is 2. The molecule has 2 N–H and O–H groups in total. The van der Waals surface area contributed by atoms with Gasteiger partial charge in [0.15, 0.2) is 36.8 Å². The molecule has 54 heavy (non-hydrogen) atoms. The van der Waals surface area contributed by atoms with E-state index < -0.39 is 139 Å². The van der Waals surface area contributed by atoms with Crippen LogP contribution in [0.15, 0.2) is 0 Å². The number of methoxy groups -OCH3 is 1. The third kappa shape index (κ3) is 13.1.